The van der Waals surface area contributed by atoms with Gasteiger partial charge in [-0.05, 0) is 26.4 Å². The number of hydrogen-bond acceptors (Lipinski definition) is 3. The predicted molar refractivity (Wildman–Crippen MR) is 76.7 cm³/mol. The van der Waals surface area contributed by atoms with Crippen molar-refractivity contribution < 1.29 is 0 Å². The van der Waals surface area contributed by atoms with E-state index in [-0.39, 0.29) is 0 Å². The lowest BCUT2D eigenvalue weighted by Gasteiger charge is -2.17. The quantitative estimate of drug-likeness (QED) is 0.683. The van der Waals surface area contributed by atoms with Crippen LogP contribution in [-0.4, -0.2) is 40.9 Å². The largest absolute Gasteiger partial charge is 0.311 e. The zero-order chi connectivity index (χ0) is 13.4. The maximum absolute atomic E-state index is 4.51. The number of rotatable bonds is 9. The van der Waals surface area contributed by atoms with Gasteiger partial charge in [-0.2, -0.15) is 5.10 Å². The molecule has 0 saturated carbocycles. The van der Waals surface area contributed by atoms with Gasteiger partial charge >= 0.3 is 0 Å². The van der Waals surface area contributed by atoms with E-state index >= 15 is 0 Å². The van der Waals surface area contributed by atoms with E-state index in [1.807, 2.05) is 0 Å². The first kappa shape index (κ1) is 15.2. The highest BCUT2D eigenvalue weighted by atomic mass is 15.3. The topological polar surface area (TPSA) is 33.1 Å². The Morgan fingerprint density at radius 3 is 2.61 bits per heavy atom. The summed E-state index contributed by atoms with van der Waals surface area (Å²) in [6.07, 6.45) is 3.30. The Labute approximate surface area is 111 Å². The first-order chi connectivity index (χ1) is 8.71. The van der Waals surface area contributed by atoms with E-state index in [0.29, 0.717) is 0 Å². The number of aromatic nitrogens is 2. The fraction of sp³-hybridized carbons (Fsp3) is 0.786. The smallest absolute Gasteiger partial charge is 0.0638 e. The average molecular weight is 252 g/mol. The van der Waals surface area contributed by atoms with Crippen LogP contribution in [0.4, 0.5) is 0 Å². The summed E-state index contributed by atoms with van der Waals surface area (Å²) < 4.78 is 2.05. The zero-order valence-electron chi connectivity index (χ0n) is 12.4. The van der Waals surface area contributed by atoms with Crippen LogP contribution >= 0.6 is 0 Å². The highest BCUT2D eigenvalue weighted by Crippen LogP contribution is 2.05. The second kappa shape index (κ2) is 8.27. The Kier molecular flexibility index (Phi) is 6.98. The lowest BCUT2D eigenvalue weighted by Crippen LogP contribution is -2.31. The molecule has 0 aliphatic carbocycles. The van der Waals surface area contributed by atoms with Crippen molar-refractivity contribution in [1.29, 1.82) is 0 Å². The SMILES string of the molecule is CCCn1cc(CNCCN(CC)CC)c(C)n1. The van der Waals surface area contributed by atoms with Crippen molar-refractivity contribution in [2.75, 3.05) is 26.2 Å². The maximum Gasteiger partial charge on any atom is 0.0638 e. The molecule has 1 aromatic rings. The maximum atomic E-state index is 4.51. The molecule has 0 amide bonds. The molecular formula is C14H28N4. The van der Waals surface area contributed by atoms with Gasteiger partial charge in [0.25, 0.3) is 0 Å². The van der Waals surface area contributed by atoms with Crippen molar-refractivity contribution >= 4 is 0 Å². The van der Waals surface area contributed by atoms with Gasteiger partial charge in [0.05, 0.1) is 5.69 Å². The zero-order valence-corrected chi connectivity index (χ0v) is 12.4. The first-order valence-electron chi connectivity index (χ1n) is 7.17. The third-order valence-electron chi connectivity index (χ3n) is 3.32. The second-order valence-corrected chi connectivity index (χ2v) is 4.71. The van der Waals surface area contributed by atoms with Gasteiger partial charge in [0.15, 0.2) is 0 Å². The third-order valence-corrected chi connectivity index (χ3v) is 3.32. The molecule has 1 heterocycles. The molecule has 104 valence electrons. The minimum Gasteiger partial charge on any atom is -0.311 e. The fourth-order valence-corrected chi connectivity index (χ4v) is 2.08. The number of hydrogen-bond donors (Lipinski definition) is 1. The van der Waals surface area contributed by atoms with Gasteiger partial charge in [-0.3, -0.25) is 4.68 Å². The molecule has 0 unspecified atom stereocenters. The Morgan fingerprint density at radius 2 is 2.00 bits per heavy atom. The van der Waals surface area contributed by atoms with Gasteiger partial charge in [0, 0.05) is 37.9 Å². The molecule has 0 radical (unpaired) electrons. The number of nitrogens with one attached hydrogen (secondary N) is 1. The summed E-state index contributed by atoms with van der Waals surface area (Å²) in [7, 11) is 0. The molecule has 4 nitrogen and oxygen atoms in total. The molecule has 0 atom stereocenters. The fourth-order valence-electron chi connectivity index (χ4n) is 2.08. The van der Waals surface area contributed by atoms with Crippen molar-refractivity contribution in [3.05, 3.63) is 17.5 Å². The monoisotopic (exact) mass is 252 g/mol. The minimum atomic E-state index is 0.927. The van der Waals surface area contributed by atoms with Gasteiger partial charge in [-0.15, -0.1) is 0 Å². The summed E-state index contributed by atoms with van der Waals surface area (Å²) >= 11 is 0. The van der Waals surface area contributed by atoms with Crippen LogP contribution in [-0.2, 0) is 13.1 Å². The molecule has 0 fully saturated rings. The summed E-state index contributed by atoms with van der Waals surface area (Å²) in [5, 5.41) is 8.01. The molecule has 18 heavy (non-hydrogen) atoms. The van der Waals surface area contributed by atoms with Crippen LogP contribution in [0.3, 0.4) is 0 Å². The van der Waals surface area contributed by atoms with Crippen LogP contribution in [0, 0.1) is 6.92 Å². The Balaban J connectivity index is 2.30. The molecule has 1 N–H and O–H groups in total. The highest BCUT2D eigenvalue weighted by Gasteiger charge is 2.04. The Morgan fingerprint density at radius 1 is 1.28 bits per heavy atom. The van der Waals surface area contributed by atoms with Crippen LogP contribution in [0.1, 0.15) is 38.4 Å². The van der Waals surface area contributed by atoms with E-state index in [1.54, 1.807) is 0 Å². The molecule has 4 heteroatoms. The normalized spacial score (nSPS) is 11.4. The molecule has 1 rings (SSSR count). The Hall–Kier alpha value is -0.870. The van der Waals surface area contributed by atoms with Crippen molar-refractivity contribution in [3.8, 4) is 0 Å². The summed E-state index contributed by atoms with van der Waals surface area (Å²) in [5.41, 5.74) is 2.47. The lowest BCUT2D eigenvalue weighted by molar-refractivity contribution is 0.302. The molecule has 0 spiro atoms. The summed E-state index contributed by atoms with van der Waals surface area (Å²) in [4.78, 5) is 2.43. The lowest BCUT2D eigenvalue weighted by atomic mass is 10.2. The van der Waals surface area contributed by atoms with E-state index in [2.05, 4.69) is 53.9 Å². The number of nitrogens with zero attached hydrogens (tertiary/aromatic N) is 3. The van der Waals surface area contributed by atoms with Crippen molar-refractivity contribution in [2.24, 2.45) is 0 Å². The average Bonchev–Trinajstić information content (AvgIpc) is 2.71. The van der Waals surface area contributed by atoms with E-state index in [0.717, 1.165) is 51.4 Å². The molecule has 0 saturated heterocycles. The molecule has 0 aromatic carbocycles. The van der Waals surface area contributed by atoms with E-state index in [4.69, 9.17) is 0 Å². The van der Waals surface area contributed by atoms with Crippen molar-refractivity contribution in [1.82, 2.24) is 20.0 Å². The minimum absolute atomic E-state index is 0.927. The van der Waals surface area contributed by atoms with Gasteiger partial charge in [0.2, 0.25) is 0 Å². The Bertz CT molecular complexity index is 329. The molecular weight excluding hydrogens is 224 g/mol. The number of aryl methyl sites for hydroxylation is 2. The van der Waals surface area contributed by atoms with Gasteiger partial charge < -0.3 is 10.2 Å². The van der Waals surface area contributed by atoms with E-state index in [9.17, 15) is 0 Å². The van der Waals surface area contributed by atoms with Crippen LogP contribution in [0.2, 0.25) is 0 Å². The standard InChI is InChI=1S/C14H28N4/c1-5-9-18-12-14(13(4)16-18)11-15-8-10-17(6-2)7-3/h12,15H,5-11H2,1-4H3. The second-order valence-electron chi connectivity index (χ2n) is 4.71. The molecule has 1 aromatic heterocycles. The van der Waals surface area contributed by atoms with Crippen LogP contribution in [0.5, 0.6) is 0 Å². The van der Waals surface area contributed by atoms with E-state index < -0.39 is 0 Å². The van der Waals surface area contributed by atoms with E-state index in [1.165, 1.54) is 5.56 Å². The summed E-state index contributed by atoms with van der Waals surface area (Å²) in [6, 6.07) is 0. The molecule has 0 aliphatic heterocycles. The van der Waals surface area contributed by atoms with Gasteiger partial charge in [0.1, 0.15) is 0 Å². The third kappa shape index (κ3) is 4.78. The van der Waals surface area contributed by atoms with Crippen molar-refractivity contribution in [3.63, 3.8) is 0 Å². The summed E-state index contributed by atoms with van der Waals surface area (Å²) in [5.74, 6) is 0. The molecule has 0 bridgehead atoms. The van der Waals surface area contributed by atoms with Crippen LogP contribution < -0.4 is 5.32 Å². The highest BCUT2D eigenvalue weighted by molar-refractivity contribution is 5.14. The van der Waals surface area contributed by atoms with Crippen LogP contribution in [0.25, 0.3) is 0 Å². The molecule has 0 aliphatic rings. The predicted octanol–water partition coefficient (Wildman–Crippen LogP) is 2.03. The summed E-state index contributed by atoms with van der Waals surface area (Å²) in [6.45, 7) is 15.1. The van der Waals surface area contributed by atoms with Crippen LogP contribution in [0.15, 0.2) is 6.20 Å². The first-order valence-corrected chi connectivity index (χ1v) is 7.17. The van der Waals surface area contributed by atoms with Crippen molar-refractivity contribution in [2.45, 2.75) is 47.2 Å². The van der Waals surface area contributed by atoms with Gasteiger partial charge in [-0.25, -0.2) is 0 Å². The number of likely N-dealkylation sites (N-methyl/N-ethyl adjacent to an activating group) is 1. The van der Waals surface area contributed by atoms with Gasteiger partial charge in [-0.1, -0.05) is 20.8 Å².